The van der Waals surface area contributed by atoms with Gasteiger partial charge in [-0.25, -0.2) is 17.9 Å². The molecule has 0 unspecified atom stereocenters. The first-order valence-electron chi connectivity index (χ1n) is 7.09. The first-order chi connectivity index (χ1) is 10.9. The van der Waals surface area contributed by atoms with Gasteiger partial charge in [-0.1, -0.05) is 31.2 Å². The molecule has 0 amide bonds. The van der Waals surface area contributed by atoms with Crippen molar-refractivity contribution >= 4 is 15.8 Å². The van der Waals surface area contributed by atoms with Crippen molar-refractivity contribution in [1.82, 2.24) is 9.78 Å². The summed E-state index contributed by atoms with van der Waals surface area (Å²) in [5, 5.41) is 4.06. The molecule has 2 rings (SSSR count). The van der Waals surface area contributed by atoms with E-state index in [0.29, 0.717) is 5.69 Å². The molecule has 1 heterocycles. The molecule has 0 atom stereocenters. The monoisotopic (exact) mass is 334 g/mol. The number of rotatable bonds is 6. The van der Waals surface area contributed by atoms with E-state index in [4.69, 9.17) is 4.74 Å². The Morgan fingerprint density at radius 1 is 1.30 bits per heavy atom. The van der Waals surface area contributed by atoms with E-state index in [-0.39, 0.29) is 17.1 Å². The number of allylic oxidation sites excluding steroid dienone is 1. The van der Waals surface area contributed by atoms with E-state index in [9.17, 15) is 13.2 Å². The molecular weight excluding hydrogens is 316 g/mol. The number of esters is 1. The van der Waals surface area contributed by atoms with Crippen LogP contribution in [0.1, 0.15) is 23.7 Å². The number of para-hydroxylation sites is 1. The van der Waals surface area contributed by atoms with Crippen molar-refractivity contribution in [3.05, 3.63) is 54.4 Å². The molecule has 0 N–H and O–H groups in total. The number of nitrogens with zero attached hydrogens (tertiary/aromatic N) is 2. The lowest BCUT2D eigenvalue weighted by molar-refractivity contribution is 0.0549. The molecule has 23 heavy (non-hydrogen) atoms. The van der Waals surface area contributed by atoms with E-state index in [1.165, 1.54) is 23.1 Å². The highest BCUT2D eigenvalue weighted by Crippen LogP contribution is 2.19. The minimum Gasteiger partial charge on any atom is -0.458 e. The first kappa shape index (κ1) is 17.0. The zero-order valence-corrected chi connectivity index (χ0v) is 13.8. The summed E-state index contributed by atoms with van der Waals surface area (Å²) in [6.45, 7) is 2.18. The number of hydrogen-bond acceptors (Lipinski definition) is 5. The fourth-order valence-electron chi connectivity index (χ4n) is 1.96. The van der Waals surface area contributed by atoms with Crippen LogP contribution in [0.5, 0.6) is 0 Å². The van der Waals surface area contributed by atoms with Crippen molar-refractivity contribution in [1.29, 1.82) is 0 Å². The lowest BCUT2D eigenvalue weighted by Crippen LogP contribution is -2.06. The van der Waals surface area contributed by atoms with Gasteiger partial charge in [0, 0.05) is 12.5 Å². The summed E-state index contributed by atoms with van der Waals surface area (Å²) in [4.78, 5) is 12.1. The van der Waals surface area contributed by atoms with Gasteiger partial charge in [0.05, 0.1) is 22.3 Å². The summed E-state index contributed by atoms with van der Waals surface area (Å²) in [6.07, 6.45) is 8.48. The number of aromatic nitrogens is 2. The lowest BCUT2D eigenvalue weighted by atomic mass is 10.3. The summed E-state index contributed by atoms with van der Waals surface area (Å²) < 4.78 is 30.1. The van der Waals surface area contributed by atoms with Crippen molar-refractivity contribution in [2.75, 3.05) is 12.9 Å². The van der Waals surface area contributed by atoms with E-state index < -0.39 is 15.8 Å². The van der Waals surface area contributed by atoms with Crippen LogP contribution < -0.4 is 0 Å². The summed E-state index contributed by atoms with van der Waals surface area (Å²) in [6, 6.07) is 6.47. The molecule has 0 spiro atoms. The number of hydrogen-bond donors (Lipinski definition) is 0. The van der Waals surface area contributed by atoms with Gasteiger partial charge >= 0.3 is 5.97 Å². The Hall–Kier alpha value is -2.41. The average Bonchev–Trinajstić information content (AvgIpc) is 3.00. The van der Waals surface area contributed by atoms with Gasteiger partial charge in [-0.3, -0.25) is 0 Å². The predicted octanol–water partition coefficient (Wildman–Crippen LogP) is 2.40. The lowest BCUT2D eigenvalue weighted by Gasteiger charge is -2.07. The van der Waals surface area contributed by atoms with Crippen molar-refractivity contribution in [3.63, 3.8) is 0 Å². The molecule has 0 aliphatic carbocycles. The van der Waals surface area contributed by atoms with Crippen LogP contribution in [0.25, 0.3) is 5.69 Å². The maximum Gasteiger partial charge on any atom is 0.341 e. The number of sulfone groups is 1. The SMILES string of the molecule is CCC=CCOC(=O)c1cnn(-c2ccccc2S(C)(=O)=O)c1. The van der Waals surface area contributed by atoms with Crippen LogP contribution in [-0.4, -0.2) is 37.0 Å². The molecule has 0 radical (unpaired) electrons. The van der Waals surface area contributed by atoms with E-state index in [0.717, 1.165) is 12.7 Å². The molecule has 6 nitrogen and oxygen atoms in total. The van der Waals surface area contributed by atoms with Crippen LogP contribution in [0.2, 0.25) is 0 Å². The molecule has 0 bridgehead atoms. The number of benzene rings is 1. The zero-order valence-electron chi connectivity index (χ0n) is 13.0. The molecular formula is C16H18N2O4S. The van der Waals surface area contributed by atoms with Crippen LogP contribution in [-0.2, 0) is 14.6 Å². The van der Waals surface area contributed by atoms with E-state index in [1.807, 2.05) is 13.0 Å². The van der Waals surface area contributed by atoms with Gasteiger partial charge in [-0.2, -0.15) is 5.10 Å². The van der Waals surface area contributed by atoms with Gasteiger partial charge in [0.1, 0.15) is 6.61 Å². The normalized spacial score (nSPS) is 11.7. The van der Waals surface area contributed by atoms with Crippen LogP contribution in [0.4, 0.5) is 0 Å². The first-order valence-corrected chi connectivity index (χ1v) is 8.99. The molecule has 0 aliphatic heterocycles. The Morgan fingerprint density at radius 3 is 2.74 bits per heavy atom. The number of carbonyl (C=O) groups excluding carboxylic acids is 1. The van der Waals surface area contributed by atoms with Crippen LogP contribution >= 0.6 is 0 Å². The summed E-state index contributed by atoms with van der Waals surface area (Å²) in [5.41, 5.74) is 0.651. The second-order valence-electron chi connectivity index (χ2n) is 4.89. The molecule has 0 aliphatic rings. The Morgan fingerprint density at radius 2 is 2.04 bits per heavy atom. The van der Waals surface area contributed by atoms with Gasteiger partial charge in [-0.05, 0) is 18.6 Å². The van der Waals surface area contributed by atoms with E-state index in [1.54, 1.807) is 24.3 Å². The summed E-state index contributed by atoms with van der Waals surface area (Å²) in [5.74, 6) is -0.506. The van der Waals surface area contributed by atoms with E-state index in [2.05, 4.69) is 5.10 Å². The Kier molecular flexibility index (Phi) is 5.33. The summed E-state index contributed by atoms with van der Waals surface area (Å²) in [7, 11) is -3.40. The summed E-state index contributed by atoms with van der Waals surface area (Å²) >= 11 is 0. The highest BCUT2D eigenvalue weighted by atomic mass is 32.2. The Balaban J connectivity index is 2.24. The minimum atomic E-state index is -3.40. The van der Waals surface area contributed by atoms with Gasteiger partial charge in [0.2, 0.25) is 0 Å². The zero-order chi connectivity index (χ0) is 16.9. The third-order valence-electron chi connectivity index (χ3n) is 3.04. The molecule has 1 aromatic carbocycles. The molecule has 1 aromatic heterocycles. The maximum absolute atomic E-state index is 11.9. The van der Waals surface area contributed by atoms with Crippen molar-refractivity contribution in [2.24, 2.45) is 0 Å². The second-order valence-corrected chi connectivity index (χ2v) is 6.88. The molecule has 0 saturated heterocycles. The number of ether oxygens (including phenoxy) is 1. The molecule has 0 fully saturated rings. The maximum atomic E-state index is 11.9. The predicted molar refractivity (Wildman–Crippen MR) is 86.4 cm³/mol. The standard InChI is InChI=1S/C16H18N2O4S/c1-3-4-7-10-22-16(19)13-11-17-18(12-13)14-8-5-6-9-15(14)23(2,20)21/h4-9,11-12H,3,10H2,1-2H3. The Bertz CT molecular complexity index is 822. The quantitative estimate of drug-likeness (QED) is 0.599. The smallest absolute Gasteiger partial charge is 0.341 e. The highest BCUT2D eigenvalue weighted by Gasteiger charge is 2.16. The molecule has 0 saturated carbocycles. The van der Waals surface area contributed by atoms with Crippen molar-refractivity contribution in [2.45, 2.75) is 18.2 Å². The largest absolute Gasteiger partial charge is 0.458 e. The van der Waals surface area contributed by atoms with Crippen LogP contribution in [0.3, 0.4) is 0 Å². The Labute approximate surface area is 135 Å². The molecule has 2 aromatic rings. The highest BCUT2D eigenvalue weighted by molar-refractivity contribution is 7.90. The van der Waals surface area contributed by atoms with Crippen molar-refractivity contribution < 1.29 is 17.9 Å². The minimum absolute atomic E-state index is 0.147. The average molecular weight is 334 g/mol. The fraction of sp³-hybridized carbons (Fsp3) is 0.250. The van der Waals surface area contributed by atoms with Crippen LogP contribution in [0.15, 0.2) is 53.7 Å². The molecule has 7 heteroatoms. The molecule has 122 valence electrons. The van der Waals surface area contributed by atoms with Gasteiger partial charge in [0.25, 0.3) is 0 Å². The van der Waals surface area contributed by atoms with Crippen LogP contribution in [0, 0.1) is 0 Å². The third-order valence-corrected chi connectivity index (χ3v) is 4.19. The third kappa shape index (κ3) is 4.29. The fourth-order valence-corrected chi connectivity index (χ4v) is 2.83. The number of carbonyl (C=O) groups is 1. The van der Waals surface area contributed by atoms with Gasteiger partial charge < -0.3 is 4.74 Å². The van der Waals surface area contributed by atoms with Gasteiger partial charge in [0.15, 0.2) is 9.84 Å². The van der Waals surface area contributed by atoms with E-state index >= 15 is 0 Å². The van der Waals surface area contributed by atoms with Crippen molar-refractivity contribution in [3.8, 4) is 5.69 Å². The second kappa shape index (κ2) is 7.23. The van der Waals surface area contributed by atoms with Gasteiger partial charge in [-0.15, -0.1) is 0 Å². The topological polar surface area (TPSA) is 78.3 Å².